The lowest BCUT2D eigenvalue weighted by atomic mass is 9.96. The summed E-state index contributed by atoms with van der Waals surface area (Å²) in [6.07, 6.45) is 10.4. The van der Waals surface area contributed by atoms with Gasteiger partial charge in [0.15, 0.2) is 0 Å². The number of Topliss-reactive ketones (excluding diaryl/α,β-unsaturated/α-hetero) is 1. The largest absolute Gasteiger partial charge is 0.303 e. The van der Waals surface area contributed by atoms with Crippen molar-refractivity contribution in [2.45, 2.75) is 57.8 Å². The van der Waals surface area contributed by atoms with Crippen LogP contribution in [0.5, 0.6) is 0 Å². The highest BCUT2D eigenvalue weighted by Crippen LogP contribution is 2.17. The molecular weight excluding hydrogens is 176 g/mol. The molecule has 2 nitrogen and oxygen atoms in total. The highest BCUT2D eigenvalue weighted by atomic mass is 16.1. The summed E-state index contributed by atoms with van der Waals surface area (Å²) >= 11 is 0. The first-order chi connectivity index (χ1) is 6.84. The first-order valence-electron chi connectivity index (χ1n) is 5.82. The highest BCUT2D eigenvalue weighted by molar-refractivity contribution is 5.93. The van der Waals surface area contributed by atoms with Crippen LogP contribution in [0.15, 0.2) is 0 Å². The molecule has 0 spiro atoms. The predicted molar refractivity (Wildman–Crippen MR) is 56.1 cm³/mol. The molecule has 0 amide bonds. The van der Waals surface area contributed by atoms with Crippen LogP contribution in [-0.4, -0.2) is 12.1 Å². The van der Waals surface area contributed by atoms with Gasteiger partial charge in [-0.05, 0) is 12.8 Å². The lowest BCUT2D eigenvalue weighted by Crippen LogP contribution is -2.15. The summed E-state index contributed by atoms with van der Waals surface area (Å²) in [5.74, 6) is -0.130. The minimum Gasteiger partial charge on any atom is -0.303 e. The third-order valence-electron chi connectivity index (χ3n) is 3.02. The monoisotopic (exact) mass is 196 g/mol. The van der Waals surface area contributed by atoms with Crippen LogP contribution in [0.25, 0.3) is 0 Å². The van der Waals surface area contributed by atoms with Gasteiger partial charge in [-0.25, -0.2) is 0 Å². The van der Waals surface area contributed by atoms with E-state index in [1.165, 1.54) is 25.7 Å². The first-order valence-corrected chi connectivity index (χ1v) is 5.82. The van der Waals surface area contributed by atoms with Gasteiger partial charge >= 0.3 is 0 Å². The lowest BCUT2D eigenvalue weighted by Gasteiger charge is -2.07. The van der Waals surface area contributed by atoms with Gasteiger partial charge in [0.25, 0.3) is 0 Å². The third kappa shape index (κ3) is 4.03. The Morgan fingerprint density at radius 3 is 2.14 bits per heavy atom. The maximum absolute atomic E-state index is 11.5. The summed E-state index contributed by atoms with van der Waals surface area (Å²) in [5.41, 5.74) is 0. The van der Waals surface area contributed by atoms with Crippen LogP contribution < -0.4 is 0 Å². The van der Waals surface area contributed by atoms with Crippen LogP contribution in [0.4, 0.5) is 0 Å². The second-order valence-electron chi connectivity index (χ2n) is 4.22. The Labute approximate surface area is 86.1 Å². The minimum atomic E-state index is -0.298. The van der Waals surface area contributed by atoms with Crippen molar-refractivity contribution >= 4 is 12.1 Å². The molecule has 1 atom stereocenters. The molecule has 0 bridgehead atoms. The van der Waals surface area contributed by atoms with Crippen LogP contribution in [0.1, 0.15) is 57.8 Å². The quantitative estimate of drug-likeness (QED) is 0.477. The zero-order chi connectivity index (χ0) is 10.2. The molecule has 0 aromatic carbocycles. The predicted octanol–water partition coefficient (Wildman–Crippen LogP) is 2.90. The van der Waals surface area contributed by atoms with Crippen molar-refractivity contribution < 1.29 is 9.59 Å². The highest BCUT2D eigenvalue weighted by Gasteiger charge is 2.16. The Morgan fingerprint density at radius 1 is 0.929 bits per heavy atom. The van der Waals surface area contributed by atoms with E-state index >= 15 is 0 Å². The van der Waals surface area contributed by atoms with E-state index in [1.54, 1.807) is 0 Å². The van der Waals surface area contributed by atoms with E-state index in [1.807, 2.05) is 0 Å². The molecule has 1 saturated carbocycles. The Kier molecular flexibility index (Phi) is 5.50. The number of hydrogen-bond donors (Lipinski definition) is 0. The van der Waals surface area contributed by atoms with Crippen molar-refractivity contribution in [3.8, 4) is 0 Å². The van der Waals surface area contributed by atoms with Crippen molar-refractivity contribution in [1.29, 1.82) is 0 Å². The molecule has 80 valence electrons. The summed E-state index contributed by atoms with van der Waals surface area (Å²) in [6.45, 7) is 0. The molecule has 1 aliphatic carbocycles. The molecule has 1 unspecified atom stereocenters. The average molecular weight is 196 g/mol. The molecule has 0 aliphatic heterocycles. The molecule has 2 heteroatoms. The van der Waals surface area contributed by atoms with Gasteiger partial charge in [-0.1, -0.05) is 38.5 Å². The summed E-state index contributed by atoms with van der Waals surface area (Å²) < 4.78 is 0. The second kappa shape index (κ2) is 6.74. The number of ketones is 1. The van der Waals surface area contributed by atoms with Crippen molar-refractivity contribution in [3.63, 3.8) is 0 Å². The molecule has 0 aromatic heterocycles. The van der Waals surface area contributed by atoms with Gasteiger partial charge in [0, 0.05) is 6.42 Å². The Morgan fingerprint density at radius 2 is 1.50 bits per heavy atom. The summed E-state index contributed by atoms with van der Waals surface area (Å²) in [4.78, 5) is 22.2. The van der Waals surface area contributed by atoms with E-state index in [0.29, 0.717) is 6.42 Å². The molecule has 1 rings (SSSR count). The van der Waals surface area contributed by atoms with Crippen LogP contribution in [0.2, 0.25) is 0 Å². The fraction of sp³-hybridized carbons (Fsp3) is 0.833. The van der Waals surface area contributed by atoms with E-state index in [0.717, 1.165) is 32.0 Å². The minimum absolute atomic E-state index is 0.168. The molecule has 1 aliphatic rings. The van der Waals surface area contributed by atoms with Gasteiger partial charge in [0.2, 0.25) is 0 Å². The van der Waals surface area contributed by atoms with Gasteiger partial charge < -0.3 is 4.79 Å². The lowest BCUT2D eigenvalue weighted by molar-refractivity contribution is -0.127. The van der Waals surface area contributed by atoms with E-state index < -0.39 is 0 Å². The van der Waals surface area contributed by atoms with Gasteiger partial charge in [-0.3, -0.25) is 4.79 Å². The maximum atomic E-state index is 11.5. The van der Waals surface area contributed by atoms with Crippen molar-refractivity contribution in [3.05, 3.63) is 0 Å². The third-order valence-corrected chi connectivity index (χ3v) is 3.02. The maximum Gasteiger partial charge on any atom is 0.143 e. The Bertz CT molecular complexity index is 187. The van der Waals surface area contributed by atoms with E-state index in [4.69, 9.17) is 0 Å². The average Bonchev–Trinajstić information content (AvgIpc) is 2.24. The summed E-state index contributed by atoms with van der Waals surface area (Å²) in [7, 11) is 0. The zero-order valence-electron chi connectivity index (χ0n) is 8.84. The van der Waals surface area contributed by atoms with Crippen LogP contribution in [0, 0.1) is 5.92 Å². The number of carbonyl (C=O) groups is 2. The first kappa shape index (κ1) is 11.4. The molecule has 1 fully saturated rings. The molecule has 0 heterocycles. The molecule has 0 saturated heterocycles. The number of hydrogen-bond acceptors (Lipinski definition) is 2. The van der Waals surface area contributed by atoms with E-state index in [2.05, 4.69) is 0 Å². The van der Waals surface area contributed by atoms with Gasteiger partial charge in [-0.15, -0.1) is 0 Å². The molecule has 0 radical (unpaired) electrons. The molecule has 0 N–H and O–H groups in total. The van der Waals surface area contributed by atoms with E-state index in [-0.39, 0.29) is 11.7 Å². The smallest absolute Gasteiger partial charge is 0.143 e. The number of aldehydes is 1. The molecule has 0 aromatic rings. The van der Waals surface area contributed by atoms with Gasteiger partial charge in [-0.2, -0.15) is 0 Å². The van der Waals surface area contributed by atoms with Gasteiger partial charge in [0.05, 0.1) is 5.92 Å². The van der Waals surface area contributed by atoms with Crippen LogP contribution in [0.3, 0.4) is 0 Å². The van der Waals surface area contributed by atoms with E-state index in [9.17, 15) is 9.59 Å². The Hall–Kier alpha value is -0.660. The normalized spacial score (nSPS) is 26.6. The number of carbonyl (C=O) groups excluding carboxylic acids is 2. The van der Waals surface area contributed by atoms with Crippen LogP contribution >= 0.6 is 0 Å². The molecule has 14 heavy (non-hydrogen) atoms. The zero-order valence-corrected chi connectivity index (χ0v) is 8.84. The SMILES string of the molecule is O=CC1CCCCCCCCCC1=O. The van der Waals surface area contributed by atoms with Gasteiger partial charge in [0.1, 0.15) is 12.1 Å². The van der Waals surface area contributed by atoms with Crippen molar-refractivity contribution in [2.75, 3.05) is 0 Å². The molecular formula is C12H20O2. The second-order valence-corrected chi connectivity index (χ2v) is 4.22. The standard InChI is InChI=1S/C12H20O2/c13-10-11-8-6-4-2-1-3-5-7-9-12(11)14/h10-11H,1-9H2. The summed E-state index contributed by atoms with van der Waals surface area (Å²) in [5, 5.41) is 0. The Balaban J connectivity index is 2.41. The topological polar surface area (TPSA) is 34.1 Å². The van der Waals surface area contributed by atoms with Crippen molar-refractivity contribution in [2.24, 2.45) is 5.92 Å². The van der Waals surface area contributed by atoms with Crippen LogP contribution in [-0.2, 0) is 9.59 Å². The fourth-order valence-corrected chi connectivity index (χ4v) is 2.04. The fourth-order valence-electron chi connectivity index (χ4n) is 2.04. The number of rotatable bonds is 1. The summed E-state index contributed by atoms with van der Waals surface area (Å²) in [6, 6.07) is 0. The van der Waals surface area contributed by atoms with Crippen molar-refractivity contribution in [1.82, 2.24) is 0 Å².